The van der Waals surface area contributed by atoms with E-state index in [9.17, 15) is 0 Å². The Morgan fingerprint density at radius 2 is 1.76 bits per heavy atom. The van der Waals surface area contributed by atoms with Gasteiger partial charge in [0.15, 0.2) is 0 Å². The zero-order valence-corrected chi connectivity index (χ0v) is 11.0. The van der Waals surface area contributed by atoms with Crippen LogP contribution in [-0.2, 0) is 6.54 Å². The molecular formula is C12H21N3O2. The molecule has 0 amide bonds. The maximum Gasteiger partial charge on any atom is 0.224 e. The summed E-state index contributed by atoms with van der Waals surface area (Å²) in [7, 11) is 3.19. The van der Waals surface area contributed by atoms with Crippen LogP contribution in [0.5, 0.6) is 11.8 Å². The van der Waals surface area contributed by atoms with Gasteiger partial charge in [0.05, 0.1) is 19.8 Å². The molecule has 17 heavy (non-hydrogen) atoms. The lowest BCUT2D eigenvalue weighted by atomic mass is 10.1. The number of methoxy groups -OCH3 is 2. The van der Waals surface area contributed by atoms with Crippen LogP contribution in [0.3, 0.4) is 0 Å². The van der Waals surface area contributed by atoms with Gasteiger partial charge in [-0.3, -0.25) is 0 Å². The van der Waals surface area contributed by atoms with E-state index in [1.807, 2.05) is 0 Å². The minimum absolute atomic E-state index is 0.564. The van der Waals surface area contributed by atoms with Crippen molar-refractivity contribution in [3.8, 4) is 11.8 Å². The quantitative estimate of drug-likeness (QED) is 0.733. The van der Waals surface area contributed by atoms with Crippen molar-refractivity contribution in [2.45, 2.75) is 26.8 Å². The van der Waals surface area contributed by atoms with E-state index in [2.05, 4.69) is 29.1 Å². The second-order valence-corrected chi connectivity index (χ2v) is 4.23. The van der Waals surface area contributed by atoms with E-state index in [4.69, 9.17) is 9.47 Å². The van der Waals surface area contributed by atoms with Crippen LogP contribution in [-0.4, -0.2) is 30.7 Å². The summed E-state index contributed by atoms with van der Waals surface area (Å²) in [5, 5.41) is 3.34. The molecule has 1 rings (SSSR count). The van der Waals surface area contributed by atoms with E-state index in [1.165, 1.54) is 6.33 Å². The summed E-state index contributed by atoms with van der Waals surface area (Å²) in [6.45, 7) is 6.02. The van der Waals surface area contributed by atoms with Crippen molar-refractivity contribution in [3.63, 3.8) is 0 Å². The molecule has 0 radical (unpaired) electrons. The topological polar surface area (TPSA) is 56.3 Å². The predicted molar refractivity (Wildman–Crippen MR) is 66.3 cm³/mol. The van der Waals surface area contributed by atoms with Crippen molar-refractivity contribution in [1.82, 2.24) is 15.3 Å². The van der Waals surface area contributed by atoms with Crippen molar-refractivity contribution in [1.29, 1.82) is 0 Å². The molecule has 0 bridgehead atoms. The van der Waals surface area contributed by atoms with Gasteiger partial charge in [-0.15, -0.1) is 0 Å². The van der Waals surface area contributed by atoms with Crippen molar-refractivity contribution < 1.29 is 9.47 Å². The van der Waals surface area contributed by atoms with E-state index >= 15 is 0 Å². The van der Waals surface area contributed by atoms with Crippen LogP contribution < -0.4 is 14.8 Å². The fourth-order valence-corrected chi connectivity index (χ4v) is 1.49. The van der Waals surface area contributed by atoms with E-state index < -0.39 is 0 Å². The molecule has 0 unspecified atom stereocenters. The van der Waals surface area contributed by atoms with Crippen LogP contribution in [0.25, 0.3) is 0 Å². The summed E-state index contributed by atoms with van der Waals surface area (Å²) in [4.78, 5) is 8.13. The summed E-state index contributed by atoms with van der Waals surface area (Å²) in [5.74, 6) is 1.82. The number of aromatic nitrogens is 2. The molecule has 0 aliphatic rings. The average Bonchev–Trinajstić information content (AvgIpc) is 2.34. The van der Waals surface area contributed by atoms with Gasteiger partial charge in [-0.2, -0.15) is 0 Å². The molecule has 0 fully saturated rings. The Hall–Kier alpha value is -1.36. The number of hydrogen-bond acceptors (Lipinski definition) is 5. The van der Waals surface area contributed by atoms with Crippen LogP contribution >= 0.6 is 0 Å². The first kappa shape index (κ1) is 13.7. The molecule has 5 heteroatoms. The Labute approximate surface area is 103 Å². The van der Waals surface area contributed by atoms with Gasteiger partial charge in [-0.25, -0.2) is 9.97 Å². The second-order valence-electron chi connectivity index (χ2n) is 4.23. The fraction of sp³-hybridized carbons (Fsp3) is 0.667. The lowest BCUT2D eigenvalue weighted by Gasteiger charge is -2.12. The zero-order valence-electron chi connectivity index (χ0n) is 11.0. The minimum atomic E-state index is 0.564. The summed E-state index contributed by atoms with van der Waals surface area (Å²) >= 11 is 0. The predicted octanol–water partition coefficient (Wildman–Crippen LogP) is 1.63. The summed E-state index contributed by atoms with van der Waals surface area (Å²) < 4.78 is 10.4. The molecule has 0 saturated carbocycles. The Kier molecular flexibility index (Phi) is 5.69. The number of rotatable bonds is 7. The van der Waals surface area contributed by atoms with Gasteiger partial charge in [0, 0.05) is 6.54 Å². The number of ether oxygens (including phenoxy) is 2. The third kappa shape index (κ3) is 4.19. The maximum atomic E-state index is 5.19. The standard InChI is InChI=1S/C12H21N3O2/c1-9(2)5-6-13-7-10-11(16-3)14-8-15-12(10)17-4/h8-9,13H,5-7H2,1-4H3. The van der Waals surface area contributed by atoms with E-state index in [0.29, 0.717) is 24.2 Å². The third-order valence-electron chi connectivity index (χ3n) is 2.45. The summed E-state index contributed by atoms with van der Waals surface area (Å²) in [6, 6.07) is 0. The molecule has 1 aromatic rings. The van der Waals surface area contributed by atoms with Gasteiger partial charge in [-0.05, 0) is 18.9 Å². The highest BCUT2D eigenvalue weighted by molar-refractivity contribution is 5.34. The third-order valence-corrected chi connectivity index (χ3v) is 2.45. The molecule has 0 spiro atoms. The number of nitrogens with one attached hydrogen (secondary N) is 1. The highest BCUT2D eigenvalue weighted by atomic mass is 16.5. The first-order valence-electron chi connectivity index (χ1n) is 5.81. The molecule has 0 aliphatic heterocycles. The van der Waals surface area contributed by atoms with Crippen LogP contribution in [0.15, 0.2) is 6.33 Å². The van der Waals surface area contributed by atoms with Crippen LogP contribution in [0.4, 0.5) is 0 Å². The highest BCUT2D eigenvalue weighted by Crippen LogP contribution is 2.22. The average molecular weight is 239 g/mol. The Morgan fingerprint density at radius 1 is 1.18 bits per heavy atom. The van der Waals surface area contributed by atoms with Crippen molar-refractivity contribution in [2.24, 2.45) is 5.92 Å². The molecule has 0 aromatic carbocycles. The highest BCUT2D eigenvalue weighted by Gasteiger charge is 2.11. The van der Waals surface area contributed by atoms with E-state index in [1.54, 1.807) is 14.2 Å². The molecule has 96 valence electrons. The number of hydrogen-bond donors (Lipinski definition) is 1. The van der Waals surface area contributed by atoms with Crippen LogP contribution in [0.2, 0.25) is 0 Å². The molecule has 5 nitrogen and oxygen atoms in total. The molecular weight excluding hydrogens is 218 g/mol. The van der Waals surface area contributed by atoms with Crippen LogP contribution in [0, 0.1) is 5.92 Å². The number of nitrogens with zero attached hydrogens (tertiary/aromatic N) is 2. The smallest absolute Gasteiger partial charge is 0.224 e. The SMILES string of the molecule is COc1ncnc(OC)c1CNCCC(C)C. The summed E-state index contributed by atoms with van der Waals surface area (Å²) in [5.41, 5.74) is 0.862. The van der Waals surface area contributed by atoms with Gasteiger partial charge in [0.25, 0.3) is 0 Å². The molecule has 0 aliphatic carbocycles. The lowest BCUT2D eigenvalue weighted by molar-refractivity contribution is 0.358. The van der Waals surface area contributed by atoms with Gasteiger partial charge in [0.1, 0.15) is 6.33 Å². The van der Waals surface area contributed by atoms with Gasteiger partial charge in [0.2, 0.25) is 11.8 Å². The fourth-order valence-electron chi connectivity index (χ4n) is 1.49. The molecule has 0 saturated heterocycles. The summed E-state index contributed by atoms with van der Waals surface area (Å²) in [6.07, 6.45) is 2.58. The van der Waals surface area contributed by atoms with E-state index in [-0.39, 0.29) is 0 Å². The molecule has 1 N–H and O–H groups in total. The van der Waals surface area contributed by atoms with Crippen molar-refractivity contribution >= 4 is 0 Å². The van der Waals surface area contributed by atoms with E-state index in [0.717, 1.165) is 18.5 Å². The Balaban J connectivity index is 2.61. The minimum Gasteiger partial charge on any atom is -0.481 e. The molecule has 1 aromatic heterocycles. The monoisotopic (exact) mass is 239 g/mol. The van der Waals surface area contributed by atoms with Crippen LogP contribution in [0.1, 0.15) is 25.8 Å². The largest absolute Gasteiger partial charge is 0.481 e. The Bertz CT molecular complexity index is 320. The second kappa shape index (κ2) is 7.06. The lowest BCUT2D eigenvalue weighted by Crippen LogP contribution is -2.18. The van der Waals surface area contributed by atoms with Gasteiger partial charge in [-0.1, -0.05) is 13.8 Å². The van der Waals surface area contributed by atoms with Crippen molar-refractivity contribution in [2.75, 3.05) is 20.8 Å². The first-order chi connectivity index (χ1) is 8.19. The first-order valence-corrected chi connectivity index (χ1v) is 5.81. The van der Waals surface area contributed by atoms with Crippen molar-refractivity contribution in [3.05, 3.63) is 11.9 Å². The van der Waals surface area contributed by atoms with Gasteiger partial charge >= 0.3 is 0 Å². The Morgan fingerprint density at radius 3 is 2.24 bits per heavy atom. The zero-order chi connectivity index (χ0) is 12.7. The molecule has 1 heterocycles. The molecule has 0 atom stereocenters. The normalized spacial score (nSPS) is 10.6. The van der Waals surface area contributed by atoms with Gasteiger partial charge < -0.3 is 14.8 Å². The maximum absolute atomic E-state index is 5.19.